The Morgan fingerprint density at radius 2 is 1.29 bits per heavy atom. The molecule has 0 spiro atoms. The van der Waals surface area contributed by atoms with Crippen LogP contribution in [0.2, 0.25) is 12.1 Å². The fraction of sp³-hybridized carbons (Fsp3) is 0.941. The maximum atomic E-state index is 12.3. The summed E-state index contributed by atoms with van der Waals surface area (Å²) in [6.07, 6.45) is 1.47. The molecule has 0 aromatic carbocycles. The molecule has 0 atom stereocenters. The SMILES string of the molecule is CCO[Si](CCCNC(=O)N(C)CCC[Si](OC)(OC)OC)(OCC)OCC. The summed E-state index contributed by atoms with van der Waals surface area (Å²) < 4.78 is 33.6. The zero-order chi connectivity index (χ0) is 21.5. The summed E-state index contributed by atoms with van der Waals surface area (Å²) in [7, 11) is 1.29. The van der Waals surface area contributed by atoms with Gasteiger partial charge in [0.15, 0.2) is 0 Å². The molecule has 9 nitrogen and oxygen atoms in total. The van der Waals surface area contributed by atoms with E-state index in [1.54, 1.807) is 33.3 Å². The molecule has 0 rings (SSSR count). The molecule has 2 amide bonds. The molecular weight excluding hydrogens is 400 g/mol. The van der Waals surface area contributed by atoms with Gasteiger partial charge in [-0.2, -0.15) is 0 Å². The maximum Gasteiger partial charge on any atom is 0.500 e. The second-order valence-corrected chi connectivity index (χ2v) is 12.0. The molecule has 0 radical (unpaired) electrons. The minimum atomic E-state index is -2.65. The second-order valence-electron chi connectivity index (χ2n) is 6.14. The third kappa shape index (κ3) is 9.79. The van der Waals surface area contributed by atoms with Crippen LogP contribution in [0.3, 0.4) is 0 Å². The third-order valence-electron chi connectivity index (χ3n) is 4.28. The lowest BCUT2D eigenvalue weighted by Gasteiger charge is -2.28. The van der Waals surface area contributed by atoms with Crippen molar-refractivity contribution in [3.8, 4) is 0 Å². The summed E-state index contributed by atoms with van der Waals surface area (Å²) in [4.78, 5) is 13.9. The van der Waals surface area contributed by atoms with E-state index in [2.05, 4.69) is 5.32 Å². The molecule has 28 heavy (non-hydrogen) atoms. The van der Waals surface area contributed by atoms with Gasteiger partial charge in [0.2, 0.25) is 0 Å². The summed E-state index contributed by atoms with van der Waals surface area (Å²) in [6, 6.07) is 1.21. The van der Waals surface area contributed by atoms with Crippen molar-refractivity contribution in [2.45, 2.75) is 45.7 Å². The Kier molecular flexibility index (Phi) is 15.0. The van der Waals surface area contributed by atoms with E-state index in [9.17, 15) is 4.79 Å². The summed E-state index contributed by atoms with van der Waals surface area (Å²) in [6.45, 7) is 8.59. The Morgan fingerprint density at radius 3 is 1.71 bits per heavy atom. The number of nitrogens with one attached hydrogen (secondary N) is 1. The summed E-state index contributed by atoms with van der Waals surface area (Å²) >= 11 is 0. The van der Waals surface area contributed by atoms with E-state index >= 15 is 0 Å². The van der Waals surface area contributed by atoms with E-state index in [0.717, 1.165) is 12.8 Å². The third-order valence-corrected chi connectivity index (χ3v) is 10.3. The number of urea groups is 1. The van der Waals surface area contributed by atoms with Crippen molar-refractivity contribution in [3.05, 3.63) is 0 Å². The number of hydrogen-bond acceptors (Lipinski definition) is 7. The van der Waals surface area contributed by atoms with Crippen LogP contribution in [0.25, 0.3) is 0 Å². The smallest absolute Gasteiger partial charge is 0.377 e. The number of rotatable bonds is 17. The first-order chi connectivity index (χ1) is 13.4. The molecule has 0 aliphatic rings. The van der Waals surface area contributed by atoms with Gasteiger partial charge in [-0.15, -0.1) is 0 Å². The van der Waals surface area contributed by atoms with Gasteiger partial charge in [0.05, 0.1) is 0 Å². The number of hydrogen-bond donors (Lipinski definition) is 1. The van der Waals surface area contributed by atoms with Gasteiger partial charge in [-0.1, -0.05) is 0 Å². The average molecular weight is 441 g/mol. The fourth-order valence-electron chi connectivity index (χ4n) is 2.83. The standard InChI is InChI=1S/C17H40N2O7Si2/c1-8-24-28(25-9-2,26-10-3)15-11-13-18-17(20)19(4)14-12-16-27(21-5,22-6)23-7/h8-16H2,1-7H3,(H,18,20). The topological polar surface area (TPSA) is 87.7 Å². The van der Waals surface area contributed by atoms with Crippen molar-refractivity contribution >= 4 is 23.6 Å². The van der Waals surface area contributed by atoms with Gasteiger partial charge in [-0.25, -0.2) is 4.79 Å². The van der Waals surface area contributed by atoms with Crippen LogP contribution in [-0.2, 0) is 26.6 Å². The van der Waals surface area contributed by atoms with Crippen LogP contribution in [0.15, 0.2) is 0 Å². The van der Waals surface area contributed by atoms with E-state index in [4.69, 9.17) is 26.6 Å². The molecule has 0 saturated heterocycles. The first kappa shape index (κ1) is 27.5. The Bertz CT molecular complexity index is 390. The Labute approximate surface area is 172 Å². The second kappa shape index (κ2) is 15.3. The number of nitrogens with zero attached hydrogens (tertiary/aromatic N) is 1. The highest BCUT2D eigenvalue weighted by Gasteiger charge is 2.39. The maximum absolute atomic E-state index is 12.3. The van der Waals surface area contributed by atoms with Gasteiger partial charge in [-0.3, -0.25) is 0 Å². The highest BCUT2D eigenvalue weighted by atomic mass is 28.4. The van der Waals surface area contributed by atoms with Crippen LogP contribution < -0.4 is 5.32 Å². The highest BCUT2D eigenvalue weighted by molar-refractivity contribution is 6.61. The molecule has 0 unspecified atom stereocenters. The molecule has 168 valence electrons. The van der Waals surface area contributed by atoms with E-state index in [1.807, 2.05) is 20.8 Å². The quantitative estimate of drug-likeness (QED) is 0.274. The lowest BCUT2D eigenvalue weighted by atomic mass is 10.4. The molecule has 0 aromatic heterocycles. The van der Waals surface area contributed by atoms with E-state index < -0.39 is 17.6 Å². The zero-order valence-electron chi connectivity index (χ0n) is 18.7. The summed E-state index contributed by atoms with van der Waals surface area (Å²) in [5.74, 6) is 0. The van der Waals surface area contributed by atoms with Crippen LogP contribution in [-0.4, -0.2) is 89.8 Å². The normalized spacial score (nSPS) is 12.2. The van der Waals surface area contributed by atoms with Gasteiger partial charge < -0.3 is 36.8 Å². The molecule has 0 aliphatic heterocycles. The van der Waals surface area contributed by atoms with Gasteiger partial charge in [0.1, 0.15) is 0 Å². The number of carbonyl (C=O) groups is 1. The highest BCUT2D eigenvalue weighted by Crippen LogP contribution is 2.18. The van der Waals surface area contributed by atoms with Crippen LogP contribution in [0, 0.1) is 0 Å². The zero-order valence-corrected chi connectivity index (χ0v) is 20.7. The molecule has 0 aromatic rings. The summed E-state index contributed by atoms with van der Waals surface area (Å²) in [5, 5.41) is 2.93. The number of amides is 2. The van der Waals surface area contributed by atoms with Crippen LogP contribution >= 0.6 is 0 Å². The molecule has 0 heterocycles. The van der Waals surface area contributed by atoms with Crippen molar-refractivity contribution in [1.82, 2.24) is 10.2 Å². The fourth-order valence-corrected chi connectivity index (χ4v) is 7.14. The molecule has 11 heteroatoms. The average Bonchev–Trinajstić information content (AvgIpc) is 2.69. The van der Waals surface area contributed by atoms with E-state index in [0.29, 0.717) is 45.0 Å². The van der Waals surface area contributed by atoms with Gasteiger partial charge in [-0.05, 0) is 33.6 Å². The first-order valence-corrected chi connectivity index (χ1v) is 13.8. The van der Waals surface area contributed by atoms with Crippen molar-refractivity contribution in [2.24, 2.45) is 0 Å². The van der Waals surface area contributed by atoms with Crippen molar-refractivity contribution in [2.75, 3.05) is 61.3 Å². The molecule has 1 N–H and O–H groups in total. The Morgan fingerprint density at radius 1 is 0.821 bits per heavy atom. The van der Waals surface area contributed by atoms with Gasteiger partial charge in [0, 0.05) is 73.4 Å². The number of carbonyl (C=O) groups excluding carboxylic acids is 1. The van der Waals surface area contributed by atoms with E-state index in [-0.39, 0.29) is 6.03 Å². The minimum Gasteiger partial charge on any atom is -0.377 e. The van der Waals surface area contributed by atoms with Crippen molar-refractivity contribution in [1.29, 1.82) is 0 Å². The van der Waals surface area contributed by atoms with Crippen LogP contribution in [0.4, 0.5) is 4.79 Å². The van der Waals surface area contributed by atoms with Crippen molar-refractivity contribution in [3.63, 3.8) is 0 Å². The van der Waals surface area contributed by atoms with Crippen LogP contribution in [0.1, 0.15) is 33.6 Å². The van der Waals surface area contributed by atoms with E-state index in [1.165, 1.54) is 0 Å². The molecular formula is C17H40N2O7Si2. The van der Waals surface area contributed by atoms with Crippen molar-refractivity contribution < 1.29 is 31.4 Å². The monoisotopic (exact) mass is 440 g/mol. The van der Waals surface area contributed by atoms with Gasteiger partial charge in [0.25, 0.3) is 0 Å². The predicted molar refractivity (Wildman–Crippen MR) is 112 cm³/mol. The Balaban J connectivity index is 4.31. The molecule has 0 bridgehead atoms. The van der Waals surface area contributed by atoms with Gasteiger partial charge >= 0.3 is 23.6 Å². The van der Waals surface area contributed by atoms with Crippen LogP contribution in [0.5, 0.6) is 0 Å². The Hall–Kier alpha value is -0.536. The minimum absolute atomic E-state index is 0.115. The lowest BCUT2D eigenvalue weighted by Crippen LogP contribution is -2.47. The summed E-state index contributed by atoms with van der Waals surface area (Å²) in [5.41, 5.74) is 0. The molecule has 0 aliphatic carbocycles. The predicted octanol–water partition coefficient (Wildman–Crippen LogP) is 2.33. The molecule has 0 saturated carbocycles. The lowest BCUT2D eigenvalue weighted by molar-refractivity contribution is 0.0708. The largest absolute Gasteiger partial charge is 0.500 e. The first-order valence-electron chi connectivity index (χ1n) is 9.94. The molecule has 0 fully saturated rings.